The first kappa shape index (κ1) is 17.7. The SMILES string of the molecule is COc1cc(Br)c(NC(=O)NCCC2=CCCCC2)cc1OC. The topological polar surface area (TPSA) is 59.6 Å². The fourth-order valence-electron chi connectivity index (χ4n) is 2.58. The molecule has 1 aliphatic carbocycles. The van der Waals surface area contributed by atoms with E-state index in [-0.39, 0.29) is 6.03 Å². The molecule has 0 fully saturated rings. The number of urea groups is 1. The molecule has 0 aliphatic heterocycles. The Balaban J connectivity index is 1.88. The molecule has 0 unspecified atom stereocenters. The van der Waals surface area contributed by atoms with Gasteiger partial charge < -0.3 is 20.1 Å². The predicted molar refractivity (Wildman–Crippen MR) is 95.4 cm³/mol. The monoisotopic (exact) mass is 382 g/mol. The molecule has 0 saturated carbocycles. The molecule has 126 valence electrons. The second-order valence-corrected chi connectivity index (χ2v) is 6.28. The van der Waals surface area contributed by atoms with Crippen molar-refractivity contribution in [3.63, 3.8) is 0 Å². The molecular formula is C17H23BrN2O3. The number of hydrogen-bond acceptors (Lipinski definition) is 3. The number of carbonyl (C=O) groups excluding carboxylic acids is 1. The Bertz CT molecular complexity index is 587. The van der Waals surface area contributed by atoms with E-state index in [4.69, 9.17) is 9.47 Å². The smallest absolute Gasteiger partial charge is 0.319 e. The third-order valence-electron chi connectivity index (χ3n) is 3.84. The summed E-state index contributed by atoms with van der Waals surface area (Å²) in [5, 5.41) is 5.71. The molecule has 5 nitrogen and oxygen atoms in total. The Morgan fingerprint density at radius 1 is 1.22 bits per heavy atom. The van der Waals surface area contributed by atoms with Crippen molar-refractivity contribution in [1.29, 1.82) is 0 Å². The quantitative estimate of drug-likeness (QED) is 0.713. The maximum absolute atomic E-state index is 12.0. The van der Waals surface area contributed by atoms with Crippen molar-refractivity contribution in [2.75, 3.05) is 26.1 Å². The standard InChI is InChI=1S/C17H23BrN2O3/c1-22-15-10-13(18)14(11-16(15)23-2)20-17(21)19-9-8-12-6-4-3-5-7-12/h6,10-11H,3-5,7-9H2,1-2H3,(H2,19,20,21). The number of ether oxygens (including phenoxy) is 2. The summed E-state index contributed by atoms with van der Waals surface area (Å²) in [6.07, 6.45) is 8.08. The second kappa shape index (κ2) is 8.82. The molecule has 0 heterocycles. The largest absolute Gasteiger partial charge is 0.493 e. The molecule has 6 heteroatoms. The molecule has 0 saturated heterocycles. The third-order valence-corrected chi connectivity index (χ3v) is 4.49. The Kier molecular flexibility index (Phi) is 6.77. The number of rotatable bonds is 6. The molecule has 1 aromatic carbocycles. The zero-order chi connectivity index (χ0) is 16.7. The van der Waals surface area contributed by atoms with Gasteiger partial charge in [-0.25, -0.2) is 4.79 Å². The number of hydrogen-bond donors (Lipinski definition) is 2. The Morgan fingerprint density at radius 3 is 2.61 bits per heavy atom. The summed E-state index contributed by atoms with van der Waals surface area (Å²) >= 11 is 3.42. The Morgan fingerprint density at radius 2 is 1.96 bits per heavy atom. The Hall–Kier alpha value is -1.69. The average molecular weight is 383 g/mol. The Labute approximate surface area is 145 Å². The summed E-state index contributed by atoms with van der Waals surface area (Å²) in [6, 6.07) is 3.27. The lowest BCUT2D eigenvalue weighted by Crippen LogP contribution is -2.30. The highest BCUT2D eigenvalue weighted by Gasteiger charge is 2.12. The molecule has 23 heavy (non-hydrogen) atoms. The van der Waals surface area contributed by atoms with Gasteiger partial charge in [-0.1, -0.05) is 11.6 Å². The molecule has 0 spiro atoms. The van der Waals surface area contributed by atoms with Crippen molar-refractivity contribution < 1.29 is 14.3 Å². The van der Waals surface area contributed by atoms with Gasteiger partial charge in [0.1, 0.15) is 0 Å². The van der Waals surface area contributed by atoms with Crippen molar-refractivity contribution >= 4 is 27.6 Å². The fourth-order valence-corrected chi connectivity index (χ4v) is 3.01. The number of halogens is 1. The lowest BCUT2D eigenvalue weighted by atomic mass is 9.97. The molecule has 0 radical (unpaired) electrons. The second-order valence-electron chi connectivity index (χ2n) is 5.43. The van der Waals surface area contributed by atoms with Crippen LogP contribution in [0, 0.1) is 0 Å². The molecule has 2 N–H and O–H groups in total. The van der Waals surface area contributed by atoms with Crippen LogP contribution in [0.4, 0.5) is 10.5 Å². The van der Waals surface area contributed by atoms with Crippen molar-refractivity contribution in [2.24, 2.45) is 0 Å². The summed E-state index contributed by atoms with van der Waals surface area (Å²) in [5.74, 6) is 1.17. The number of amides is 2. The van der Waals surface area contributed by atoms with E-state index >= 15 is 0 Å². The fraction of sp³-hybridized carbons (Fsp3) is 0.471. The van der Waals surface area contributed by atoms with E-state index in [1.54, 1.807) is 26.4 Å². The molecular weight excluding hydrogens is 360 g/mol. The first-order chi connectivity index (χ1) is 11.1. The van der Waals surface area contributed by atoms with Crippen LogP contribution >= 0.6 is 15.9 Å². The molecule has 0 aromatic heterocycles. The third kappa shape index (κ3) is 5.16. The zero-order valence-electron chi connectivity index (χ0n) is 13.6. The maximum atomic E-state index is 12.0. The van der Waals surface area contributed by atoms with E-state index in [0.717, 1.165) is 17.3 Å². The van der Waals surface area contributed by atoms with Gasteiger partial charge in [0.2, 0.25) is 0 Å². The first-order valence-electron chi connectivity index (χ1n) is 7.78. The minimum absolute atomic E-state index is 0.227. The molecule has 2 rings (SSSR count). The van der Waals surface area contributed by atoms with Crippen LogP contribution in [0.3, 0.4) is 0 Å². The van der Waals surface area contributed by atoms with Gasteiger partial charge in [-0.2, -0.15) is 0 Å². The van der Waals surface area contributed by atoms with Crippen molar-refractivity contribution in [3.8, 4) is 11.5 Å². The summed E-state index contributed by atoms with van der Waals surface area (Å²) in [6.45, 7) is 0.641. The first-order valence-corrected chi connectivity index (χ1v) is 8.57. The number of carbonyl (C=O) groups is 1. The predicted octanol–water partition coefficient (Wildman–Crippen LogP) is 4.48. The number of allylic oxidation sites excluding steroid dienone is 1. The number of benzene rings is 1. The van der Waals surface area contributed by atoms with E-state index in [0.29, 0.717) is 23.7 Å². The average Bonchev–Trinajstić information content (AvgIpc) is 2.57. The van der Waals surface area contributed by atoms with Crippen molar-refractivity contribution in [3.05, 3.63) is 28.3 Å². The van der Waals surface area contributed by atoms with Crippen LogP contribution in [0.15, 0.2) is 28.3 Å². The van der Waals surface area contributed by atoms with Gasteiger partial charge in [-0.3, -0.25) is 0 Å². The lowest BCUT2D eigenvalue weighted by Gasteiger charge is -2.15. The summed E-state index contributed by atoms with van der Waals surface area (Å²) in [7, 11) is 3.14. The van der Waals surface area contributed by atoms with Crippen LogP contribution in [0.2, 0.25) is 0 Å². The van der Waals surface area contributed by atoms with Crippen LogP contribution in [0.5, 0.6) is 11.5 Å². The van der Waals surface area contributed by atoms with E-state index < -0.39 is 0 Å². The highest BCUT2D eigenvalue weighted by molar-refractivity contribution is 9.10. The van der Waals surface area contributed by atoms with Gasteiger partial charge in [-0.05, 0) is 48.0 Å². The highest BCUT2D eigenvalue weighted by atomic mass is 79.9. The highest BCUT2D eigenvalue weighted by Crippen LogP contribution is 2.36. The summed E-state index contributed by atoms with van der Waals surface area (Å²) in [4.78, 5) is 12.0. The van der Waals surface area contributed by atoms with Crippen LogP contribution in [0.25, 0.3) is 0 Å². The van der Waals surface area contributed by atoms with Gasteiger partial charge in [0.05, 0.1) is 19.9 Å². The minimum atomic E-state index is -0.227. The van der Waals surface area contributed by atoms with Crippen molar-refractivity contribution in [2.45, 2.75) is 32.1 Å². The maximum Gasteiger partial charge on any atom is 0.319 e. The number of anilines is 1. The number of nitrogens with one attached hydrogen (secondary N) is 2. The van der Waals surface area contributed by atoms with Crippen LogP contribution in [0.1, 0.15) is 32.1 Å². The van der Waals surface area contributed by atoms with Gasteiger partial charge in [0.15, 0.2) is 11.5 Å². The van der Waals surface area contributed by atoms with Crippen LogP contribution in [-0.4, -0.2) is 26.8 Å². The van der Waals surface area contributed by atoms with Gasteiger partial charge in [0, 0.05) is 23.2 Å². The van der Waals surface area contributed by atoms with Crippen molar-refractivity contribution in [1.82, 2.24) is 5.32 Å². The van der Waals surface area contributed by atoms with Gasteiger partial charge in [0.25, 0.3) is 0 Å². The van der Waals surface area contributed by atoms with E-state index in [1.165, 1.54) is 24.8 Å². The number of methoxy groups -OCH3 is 2. The van der Waals surface area contributed by atoms with Gasteiger partial charge in [-0.15, -0.1) is 0 Å². The van der Waals surface area contributed by atoms with E-state index in [9.17, 15) is 4.79 Å². The van der Waals surface area contributed by atoms with Gasteiger partial charge >= 0.3 is 6.03 Å². The molecule has 1 aromatic rings. The molecule has 0 atom stereocenters. The zero-order valence-corrected chi connectivity index (χ0v) is 15.2. The molecule has 2 amide bonds. The lowest BCUT2D eigenvalue weighted by molar-refractivity contribution is 0.252. The molecule has 1 aliphatic rings. The minimum Gasteiger partial charge on any atom is -0.493 e. The van der Waals surface area contributed by atoms with Crippen LogP contribution < -0.4 is 20.1 Å². The summed E-state index contributed by atoms with van der Waals surface area (Å²) < 4.78 is 11.2. The van der Waals surface area contributed by atoms with E-state index in [2.05, 4.69) is 32.6 Å². The summed E-state index contributed by atoms with van der Waals surface area (Å²) in [5.41, 5.74) is 2.08. The van der Waals surface area contributed by atoms with Crippen LogP contribution in [-0.2, 0) is 0 Å². The van der Waals surface area contributed by atoms with E-state index in [1.807, 2.05) is 0 Å². The molecule has 0 bridgehead atoms. The normalized spacial score (nSPS) is 14.0.